The maximum atomic E-state index is 13.4. The molecular weight excluding hydrogens is 432 g/mol. The summed E-state index contributed by atoms with van der Waals surface area (Å²) in [5, 5.41) is 21.4. The van der Waals surface area contributed by atoms with Crippen LogP contribution in [0.5, 0.6) is 0 Å². The fourth-order valence-electron chi connectivity index (χ4n) is 3.55. The van der Waals surface area contributed by atoms with E-state index < -0.39 is 29.6 Å². The van der Waals surface area contributed by atoms with E-state index in [1.54, 1.807) is 32.7 Å². The number of aromatic nitrogens is 1. The lowest BCUT2D eigenvalue weighted by Crippen LogP contribution is -2.46. The van der Waals surface area contributed by atoms with Crippen LogP contribution in [0.15, 0.2) is 5.38 Å². The van der Waals surface area contributed by atoms with Crippen LogP contribution < -0.4 is 0 Å². The van der Waals surface area contributed by atoms with Crippen LogP contribution in [-0.2, 0) is 14.3 Å². The number of carbonyl (C=O) groups excluding carboxylic acids is 2. The second-order valence-corrected chi connectivity index (χ2v) is 10.6. The van der Waals surface area contributed by atoms with Gasteiger partial charge in [-0.15, -0.1) is 11.3 Å². The van der Waals surface area contributed by atoms with Gasteiger partial charge in [-0.3, -0.25) is 9.59 Å². The van der Waals surface area contributed by atoms with E-state index in [-0.39, 0.29) is 42.3 Å². The van der Waals surface area contributed by atoms with Gasteiger partial charge in [-0.2, -0.15) is 0 Å². The number of hydrogen-bond donors (Lipinski definition) is 2. The van der Waals surface area contributed by atoms with Crippen LogP contribution in [0.4, 0.5) is 0 Å². The SMILES string of the molecule is CC[C@H](C)[C@H](CC(=O)OC(C)(C)C)C(=O)N(C)[C@H](C[C@@H](O)c1nc(C(=O)O)cs1)C(C)C. The topological polar surface area (TPSA) is 117 Å². The molecule has 0 aliphatic rings. The maximum Gasteiger partial charge on any atom is 0.355 e. The second kappa shape index (κ2) is 11.7. The van der Waals surface area contributed by atoms with E-state index in [4.69, 9.17) is 9.84 Å². The summed E-state index contributed by atoms with van der Waals surface area (Å²) in [4.78, 5) is 42.6. The highest BCUT2D eigenvalue weighted by atomic mass is 32.1. The van der Waals surface area contributed by atoms with Gasteiger partial charge in [0.2, 0.25) is 5.91 Å². The number of carbonyl (C=O) groups is 3. The molecule has 0 aromatic carbocycles. The van der Waals surface area contributed by atoms with Crippen molar-refractivity contribution in [3.05, 3.63) is 16.1 Å². The minimum absolute atomic E-state index is 0.00271. The zero-order valence-electron chi connectivity index (χ0n) is 20.4. The second-order valence-electron chi connectivity index (χ2n) is 9.67. The molecule has 0 radical (unpaired) electrons. The Hall–Kier alpha value is -2.00. The molecular formula is C23H38N2O6S. The van der Waals surface area contributed by atoms with Gasteiger partial charge in [-0.05, 0) is 32.6 Å². The normalized spacial score (nSPS) is 15.7. The van der Waals surface area contributed by atoms with Gasteiger partial charge in [-0.1, -0.05) is 34.1 Å². The predicted octanol–water partition coefficient (Wildman–Crippen LogP) is 4.14. The molecule has 1 rings (SSSR count). The third kappa shape index (κ3) is 8.16. The van der Waals surface area contributed by atoms with Crippen molar-refractivity contribution >= 4 is 29.2 Å². The predicted molar refractivity (Wildman–Crippen MR) is 123 cm³/mol. The highest BCUT2D eigenvalue weighted by Gasteiger charge is 2.35. The number of nitrogens with zero attached hydrogens (tertiary/aromatic N) is 2. The van der Waals surface area contributed by atoms with Crippen molar-refractivity contribution in [3.63, 3.8) is 0 Å². The van der Waals surface area contributed by atoms with Crippen LogP contribution in [-0.4, -0.2) is 56.6 Å². The number of carboxylic acid groups (broad SMARTS) is 1. The number of aromatic carboxylic acids is 1. The van der Waals surface area contributed by atoms with E-state index in [1.165, 1.54) is 5.38 Å². The molecule has 1 aromatic rings. The summed E-state index contributed by atoms with van der Waals surface area (Å²) in [5.74, 6) is -2.25. The highest BCUT2D eigenvalue weighted by molar-refractivity contribution is 7.09. The number of esters is 1. The fraction of sp³-hybridized carbons (Fsp3) is 0.739. The quantitative estimate of drug-likeness (QED) is 0.467. The third-order valence-corrected chi connectivity index (χ3v) is 6.51. The van der Waals surface area contributed by atoms with Gasteiger partial charge in [0, 0.05) is 24.9 Å². The summed E-state index contributed by atoms with van der Waals surface area (Å²) >= 11 is 1.08. The number of aliphatic hydroxyl groups excluding tert-OH is 1. The van der Waals surface area contributed by atoms with Crippen LogP contribution in [0.3, 0.4) is 0 Å². The number of carboxylic acids is 1. The number of hydrogen-bond acceptors (Lipinski definition) is 7. The minimum Gasteiger partial charge on any atom is -0.476 e. The van der Waals surface area contributed by atoms with E-state index in [2.05, 4.69) is 4.98 Å². The molecule has 9 heteroatoms. The molecule has 0 aliphatic carbocycles. The van der Waals surface area contributed by atoms with Gasteiger partial charge >= 0.3 is 11.9 Å². The molecule has 32 heavy (non-hydrogen) atoms. The molecule has 182 valence electrons. The molecule has 2 N–H and O–H groups in total. The van der Waals surface area contributed by atoms with E-state index in [9.17, 15) is 19.5 Å². The number of ether oxygens (including phenoxy) is 1. The average molecular weight is 471 g/mol. The Morgan fingerprint density at radius 3 is 2.25 bits per heavy atom. The lowest BCUT2D eigenvalue weighted by Gasteiger charge is -2.36. The average Bonchev–Trinajstić information content (AvgIpc) is 3.17. The van der Waals surface area contributed by atoms with Crippen molar-refractivity contribution in [2.45, 2.75) is 85.5 Å². The van der Waals surface area contributed by atoms with Crippen molar-refractivity contribution in [2.24, 2.45) is 17.8 Å². The largest absolute Gasteiger partial charge is 0.476 e. The number of aliphatic hydroxyl groups is 1. The minimum atomic E-state index is -1.15. The molecule has 0 saturated carbocycles. The fourth-order valence-corrected chi connectivity index (χ4v) is 4.34. The van der Waals surface area contributed by atoms with Gasteiger partial charge in [0.1, 0.15) is 16.7 Å². The van der Waals surface area contributed by atoms with Gasteiger partial charge in [0.15, 0.2) is 5.69 Å². The van der Waals surface area contributed by atoms with Crippen LogP contribution in [0.25, 0.3) is 0 Å². The Labute approximate surface area is 195 Å². The van der Waals surface area contributed by atoms with Gasteiger partial charge < -0.3 is 19.8 Å². The number of amides is 1. The summed E-state index contributed by atoms with van der Waals surface area (Å²) in [6.07, 6.45) is -0.0497. The molecule has 8 nitrogen and oxygen atoms in total. The molecule has 0 unspecified atom stereocenters. The molecule has 0 bridgehead atoms. The lowest BCUT2D eigenvalue weighted by atomic mass is 9.86. The van der Waals surface area contributed by atoms with Crippen LogP contribution >= 0.6 is 11.3 Å². The Morgan fingerprint density at radius 2 is 1.81 bits per heavy atom. The molecule has 0 fully saturated rings. The molecule has 0 spiro atoms. The summed E-state index contributed by atoms with van der Waals surface area (Å²) in [6, 6.07) is -0.320. The monoisotopic (exact) mass is 470 g/mol. The molecule has 0 aliphatic heterocycles. The van der Waals surface area contributed by atoms with Crippen molar-refractivity contribution in [2.75, 3.05) is 7.05 Å². The van der Waals surface area contributed by atoms with E-state index >= 15 is 0 Å². The first-order valence-electron chi connectivity index (χ1n) is 11.0. The van der Waals surface area contributed by atoms with Gasteiger partial charge in [0.05, 0.1) is 12.3 Å². The van der Waals surface area contributed by atoms with Crippen molar-refractivity contribution in [3.8, 4) is 0 Å². The van der Waals surface area contributed by atoms with Crippen LogP contribution in [0, 0.1) is 17.8 Å². The van der Waals surface area contributed by atoms with Crippen LogP contribution in [0.1, 0.15) is 89.3 Å². The summed E-state index contributed by atoms with van der Waals surface area (Å²) in [5.41, 5.74) is -0.733. The van der Waals surface area contributed by atoms with E-state index in [0.29, 0.717) is 5.01 Å². The Kier molecular flexibility index (Phi) is 10.3. The zero-order valence-corrected chi connectivity index (χ0v) is 21.2. The van der Waals surface area contributed by atoms with Crippen molar-refractivity contribution < 1.29 is 29.3 Å². The Morgan fingerprint density at radius 1 is 1.22 bits per heavy atom. The Balaban J connectivity index is 3.03. The van der Waals surface area contributed by atoms with Crippen LogP contribution in [0.2, 0.25) is 0 Å². The molecule has 1 aromatic heterocycles. The van der Waals surface area contributed by atoms with E-state index in [0.717, 1.165) is 17.8 Å². The third-order valence-electron chi connectivity index (χ3n) is 5.56. The summed E-state index contributed by atoms with van der Waals surface area (Å²) in [7, 11) is 1.69. The Bertz CT molecular complexity index is 786. The van der Waals surface area contributed by atoms with E-state index in [1.807, 2.05) is 27.7 Å². The van der Waals surface area contributed by atoms with Gasteiger partial charge in [0.25, 0.3) is 0 Å². The molecule has 1 amide bonds. The molecule has 4 atom stereocenters. The number of thiazole rings is 1. The summed E-state index contributed by atoms with van der Waals surface area (Å²) < 4.78 is 5.44. The highest BCUT2D eigenvalue weighted by Crippen LogP contribution is 2.30. The molecule has 0 saturated heterocycles. The summed E-state index contributed by atoms with van der Waals surface area (Å²) in [6.45, 7) is 13.2. The lowest BCUT2D eigenvalue weighted by molar-refractivity contribution is -0.159. The van der Waals surface area contributed by atoms with Crippen molar-refractivity contribution in [1.29, 1.82) is 0 Å². The van der Waals surface area contributed by atoms with Crippen molar-refractivity contribution in [1.82, 2.24) is 9.88 Å². The standard InChI is InChI=1S/C23H38N2O6S/c1-9-14(4)15(10-19(27)31-23(5,6)7)21(28)25(8)17(13(2)3)11-18(26)20-24-16(12-32-20)22(29)30/h12-15,17-18,26H,9-11H2,1-8H3,(H,29,30)/t14-,15-,17+,18+/m0/s1. The zero-order chi connectivity index (χ0) is 24.8. The smallest absolute Gasteiger partial charge is 0.355 e. The number of rotatable bonds is 11. The first kappa shape index (κ1) is 28.0. The first-order valence-corrected chi connectivity index (χ1v) is 11.9. The maximum absolute atomic E-state index is 13.4. The first-order chi connectivity index (χ1) is 14.7. The van der Waals surface area contributed by atoms with Gasteiger partial charge in [-0.25, -0.2) is 9.78 Å². The molecule has 1 heterocycles.